The normalized spacial score (nSPS) is 20.6. The molecule has 0 N–H and O–H groups in total. The van der Waals surface area contributed by atoms with E-state index in [1.807, 2.05) is 13.0 Å². The van der Waals surface area contributed by atoms with Crippen LogP contribution in [0.25, 0.3) is 0 Å². The first-order valence-corrected chi connectivity index (χ1v) is 6.32. The molecule has 1 aliphatic rings. The van der Waals surface area contributed by atoms with Gasteiger partial charge < -0.3 is 9.64 Å². The topological polar surface area (TPSA) is 12.5 Å². The highest BCUT2D eigenvalue weighted by Gasteiger charge is 2.13. The fourth-order valence-corrected chi connectivity index (χ4v) is 1.91. The molecule has 1 heterocycles. The van der Waals surface area contributed by atoms with E-state index < -0.39 is 0 Å². The summed E-state index contributed by atoms with van der Waals surface area (Å²) in [5.41, 5.74) is 0. The molecule has 1 rings (SSSR count). The fraction of sp³-hybridized carbons (Fsp3) is 0.714. The maximum absolute atomic E-state index is 5.06. The Bertz CT molecular complexity index is 237. The van der Waals surface area contributed by atoms with E-state index in [-0.39, 0.29) is 0 Å². The third-order valence-electron chi connectivity index (χ3n) is 3.28. The fourth-order valence-electron chi connectivity index (χ4n) is 1.91. The molecule has 0 atom stereocenters. The van der Waals surface area contributed by atoms with Crippen LogP contribution < -0.4 is 0 Å². The summed E-state index contributed by atoms with van der Waals surface area (Å²) in [5.74, 6) is 1.89. The Morgan fingerprint density at radius 3 is 2.69 bits per heavy atom. The van der Waals surface area contributed by atoms with Gasteiger partial charge in [-0.1, -0.05) is 19.1 Å². The summed E-state index contributed by atoms with van der Waals surface area (Å²) in [4.78, 5) is 2.57. The molecule has 0 aromatic carbocycles. The van der Waals surface area contributed by atoms with Gasteiger partial charge in [0.15, 0.2) is 0 Å². The lowest BCUT2D eigenvalue weighted by Gasteiger charge is -2.29. The lowest BCUT2D eigenvalue weighted by molar-refractivity contribution is 0.195. The largest absolute Gasteiger partial charge is 0.501 e. The highest BCUT2D eigenvalue weighted by Crippen LogP contribution is 2.15. The van der Waals surface area contributed by atoms with E-state index in [0.29, 0.717) is 0 Å². The summed E-state index contributed by atoms with van der Waals surface area (Å²) in [6.45, 7) is 8.08. The number of hydrogen-bond donors (Lipinski definition) is 0. The van der Waals surface area contributed by atoms with Crippen LogP contribution in [0, 0.1) is 5.92 Å². The second-order valence-corrected chi connectivity index (χ2v) is 4.72. The zero-order chi connectivity index (χ0) is 11.8. The van der Waals surface area contributed by atoms with Crippen molar-refractivity contribution in [3.8, 4) is 0 Å². The molecule has 0 aromatic rings. The van der Waals surface area contributed by atoms with Crippen molar-refractivity contribution in [2.24, 2.45) is 5.92 Å². The number of methoxy groups -OCH3 is 1. The van der Waals surface area contributed by atoms with Crippen LogP contribution in [-0.4, -0.2) is 31.6 Å². The van der Waals surface area contributed by atoms with E-state index in [1.54, 1.807) is 7.11 Å². The minimum atomic E-state index is 0.930. The predicted molar refractivity (Wildman–Crippen MR) is 69.4 cm³/mol. The molecule has 0 amide bonds. The van der Waals surface area contributed by atoms with Crippen molar-refractivity contribution in [2.45, 2.75) is 33.1 Å². The monoisotopic (exact) mass is 223 g/mol. The van der Waals surface area contributed by atoms with Gasteiger partial charge in [-0.05, 0) is 51.3 Å². The van der Waals surface area contributed by atoms with Crippen molar-refractivity contribution >= 4 is 0 Å². The van der Waals surface area contributed by atoms with Crippen molar-refractivity contribution in [3.63, 3.8) is 0 Å². The van der Waals surface area contributed by atoms with Gasteiger partial charge in [-0.25, -0.2) is 0 Å². The van der Waals surface area contributed by atoms with Gasteiger partial charge in [-0.2, -0.15) is 0 Å². The van der Waals surface area contributed by atoms with Gasteiger partial charge in [0.2, 0.25) is 0 Å². The lowest BCUT2D eigenvalue weighted by atomic mass is 9.99. The van der Waals surface area contributed by atoms with Crippen molar-refractivity contribution in [3.05, 3.63) is 24.0 Å². The molecule has 2 nitrogen and oxygen atoms in total. The van der Waals surface area contributed by atoms with Crippen molar-refractivity contribution in [1.82, 2.24) is 4.90 Å². The molecule has 0 bridgehead atoms. The molecule has 2 heteroatoms. The van der Waals surface area contributed by atoms with Crippen LogP contribution in [0.15, 0.2) is 24.0 Å². The van der Waals surface area contributed by atoms with Crippen LogP contribution in [0.3, 0.4) is 0 Å². The third-order valence-corrected chi connectivity index (χ3v) is 3.28. The van der Waals surface area contributed by atoms with Crippen molar-refractivity contribution < 1.29 is 4.74 Å². The summed E-state index contributed by atoms with van der Waals surface area (Å²) < 4.78 is 5.06. The average Bonchev–Trinajstić information content (AvgIpc) is 2.31. The summed E-state index contributed by atoms with van der Waals surface area (Å²) in [6, 6.07) is 0. The zero-order valence-corrected chi connectivity index (χ0v) is 10.9. The predicted octanol–water partition coefficient (Wildman–Crippen LogP) is 3.21. The summed E-state index contributed by atoms with van der Waals surface area (Å²) in [5, 5.41) is 0. The molecule has 0 unspecified atom stereocenters. The second kappa shape index (κ2) is 7.50. The second-order valence-electron chi connectivity index (χ2n) is 4.72. The number of rotatable bonds is 5. The zero-order valence-electron chi connectivity index (χ0n) is 10.9. The number of likely N-dealkylation sites (tertiary alicyclic amines) is 1. The van der Waals surface area contributed by atoms with Crippen LogP contribution >= 0.6 is 0 Å². The molecule has 0 radical (unpaired) electrons. The van der Waals surface area contributed by atoms with Crippen molar-refractivity contribution in [1.29, 1.82) is 0 Å². The number of nitrogens with zero attached hydrogens (tertiary/aromatic N) is 1. The molecule has 1 aliphatic heterocycles. The average molecular weight is 223 g/mol. The van der Waals surface area contributed by atoms with Gasteiger partial charge in [0.25, 0.3) is 0 Å². The van der Waals surface area contributed by atoms with E-state index in [0.717, 1.165) is 18.1 Å². The Kier molecular flexibility index (Phi) is 6.24. The summed E-state index contributed by atoms with van der Waals surface area (Å²) in [7, 11) is 1.70. The maximum Gasteiger partial charge on any atom is 0.0924 e. The van der Waals surface area contributed by atoms with E-state index >= 15 is 0 Å². The van der Waals surface area contributed by atoms with E-state index in [2.05, 4.69) is 24.0 Å². The van der Waals surface area contributed by atoms with E-state index in [4.69, 9.17) is 4.74 Å². The summed E-state index contributed by atoms with van der Waals surface area (Å²) >= 11 is 0. The van der Waals surface area contributed by atoms with Crippen LogP contribution in [0.2, 0.25) is 0 Å². The van der Waals surface area contributed by atoms with E-state index in [9.17, 15) is 0 Å². The van der Waals surface area contributed by atoms with Gasteiger partial charge in [0, 0.05) is 6.54 Å². The number of piperidine rings is 1. The van der Waals surface area contributed by atoms with Gasteiger partial charge >= 0.3 is 0 Å². The van der Waals surface area contributed by atoms with Crippen LogP contribution in [0.5, 0.6) is 0 Å². The summed E-state index contributed by atoms with van der Waals surface area (Å²) in [6.07, 6.45) is 10.2. The van der Waals surface area contributed by atoms with Crippen LogP contribution in [0.4, 0.5) is 0 Å². The third kappa shape index (κ3) is 5.36. The van der Waals surface area contributed by atoms with Gasteiger partial charge in [-0.3, -0.25) is 0 Å². The van der Waals surface area contributed by atoms with Gasteiger partial charge in [0.05, 0.1) is 12.9 Å². The molecule has 0 saturated carbocycles. The first-order chi connectivity index (χ1) is 7.72. The Balaban J connectivity index is 2.11. The molecule has 16 heavy (non-hydrogen) atoms. The molecule has 0 aromatic heterocycles. The quantitative estimate of drug-likeness (QED) is 0.524. The molecule has 92 valence electrons. The molecule has 1 fully saturated rings. The van der Waals surface area contributed by atoms with Crippen LogP contribution in [-0.2, 0) is 4.74 Å². The molecule has 0 aliphatic carbocycles. The maximum atomic E-state index is 5.06. The molecular formula is C14H25NO. The van der Waals surface area contributed by atoms with Gasteiger partial charge in [-0.15, -0.1) is 0 Å². The number of allylic oxidation sites excluding steroid dienone is 3. The lowest BCUT2D eigenvalue weighted by Crippen LogP contribution is -2.33. The SMILES string of the molecule is CO/C(C)=C/C=C\CCN1CCC(C)CC1. The van der Waals surface area contributed by atoms with Gasteiger partial charge in [0.1, 0.15) is 0 Å². The number of hydrogen-bond acceptors (Lipinski definition) is 2. The minimum Gasteiger partial charge on any atom is -0.501 e. The van der Waals surface area contributed by atoms with Crippen molar-refractivity contribution in [2.75, 3.05) is 26.7 Å². The minimum absolute atomic E-state index is 0.930. The smallest absolute Gasteiger partial charge is 0.0924 e. The Hall–Kier alpha value is -0.760. The number of ether oxygens (including phenoxy) is 1. The molecular weight excluding hydrogens is 198 g/mol. The highest BCUT2D eigenvalue weighted by molar-refractivity contribution is 5.05. The Labute approximate surface area is 100.0 Å². The standard InChI is InChI=1S/C14H25NO/c1-13-8-11-15(12-9-13)10-6-4-5-7-14(2)16-3/h4-5,7,13H,6,8-12H2,1-3H3/b5-4-,14-7+. The Morgan fingerprint density at radius 1 is 1.38 bits per heavy atom. The highest BCUT2D eigenvalue weighted by atomic mass is 16.5. The first kappa shape index (κ1) is 13.3. The Morgan fingerprint density at radius 2 is 2.06 bits per heavy atom. The molecule has 0 spiro atoms. The van der Waals surface area contributed by atoms with Crippen LogP contribution in [0.1, 0.15) is 33.1 Å². The first-order valence-electron chi connectivity index (χ1n) is 6.32. The molecule has 1 saturated heterocycles. The van der Waals surface area contributed by atoms with E-state index in [1.165, 1.54) is 32.5 Å².